The molecule has 0 aliphatic carbocycles. The summed E-state index contributed by atoms with van der Waals surface area (Å²) >= 11 is 1.41. The third-order valence-corrected chi connectivity index (χ3v) is 7.23. The minimum atomic E-state index is -0.353. The van der Waals surface area contributed by atoms with Gasteiger partial charge in [0.25, 0.3) is 0 Å². The van der Waals surface area contributed by atoms with Gasteiger partial charge in [0.1, 0.15) is 5.75 Å². The summed E-state index contributed by atoms with van der Waals surface area (Å²) in [4.78, 5) is 13.0. The largest absolute Gasteiger partial charge is 0.497 e. The number of carbonyl (C=O) groups excluding carboxylic acids is 1. The second-order valence-corrected chi connectivity index (χ2v) is 11.2. The van der Waals surface area contributed by atoms with Crippen molar-refractivity contribution >= 4 is 23.4 Å². The van der Waals surface area contributed by atoms with Gasteiger partial charge in [0.2, 0.25) is 5.91 Å². The van der Waals surface area contributed by atoms with Crippen LogP contribution in [0.5, 0.6) is 5.75 Å². The molecule has 1 aliphatic heterocycles. The summed E-state index contributed by atoms with van der Waals surface area (Å²) in [6.07, 6.45) is 2.18. The van der Waals surface area contributed by atoms with E-state index in [1.807, 2.05) is 43.3 Å². The third kappa shape index (κ3) is 6.24. The first kappa shape index (κ1) is 25.3. The number of rotatable bonds is 8. The van der Waals surface area contributed by atoms with Crippen LogP contribution in [0.2, 0.25) is 0 Å². The fraction of sp³-hybridized carbons (Fsp3) is 0.444. The Morgan fingerprint density at radius 3 is 2.49 bits per heavy atom. The van der Waals surface area contributed by atoms with Crippen molar-refractivity contribution in [3.8, 4) is 17.1 Å². The molecule has 0 radical (unpaired) electrons. The smallest absolute Gasteiger partial charge is 0.237 e. The molecule has 3 aromatic rings. The van der Waals surface area contributed by atoms with E-state index < -0.39 is 0 Å². The van der Waals surface area contributed by atoms with Gasteiger partial charge in [-0.2, -0.15) is 0 Å². The summed E-state index contributed by atoms with van der Waals surface area (Å²) in [7, 11) is 1.65. The van der Waals surface area contributed by atoms with Crippen molar-refractivity contribution in [3.05, 3.63) is 54.1 Å². The zero-order valence-electron chi connectivity index (χ0n) is 21.1. The molecule has 1 aliphatic rings. The van der Waals surface area contributed by atoms with Crippen molar-refractivity contribution in [3.63, 3.8) is 0 Å². The maximum Gasteiger partial charge on any atom is 0.237 e. The number of carbonyl (C=O) groups is 1. The Balaban J connectivity index is 1.50. The molecule has 1 N–H and O–H groups in total. The minimum Gasteiger partial charge on any atom is -0.497 e. The highest BCUT2D eigenvalue weighted by Crippen LogP contribution is 2.30. The number of anilines is 1. The number of hydrogen-bond acceptors (Lipinski definition) is 6. The molecule has 1 amide bonds. The fourth-order valence-corrected chi connectivity index (χ4v) is 4.85. The normalized spacial score (nSPS) is 16.8. The Morgan fingerprint density at radius 1 is 1.17 bits per heavy atom. The summed E-state index contributed by atoms with van der Waals surface area (Å²) in [5.74, 6) is 1.47. The van der Waals surface area contributed by atoms with Crippen LogP contribution in [0.1, 0.15) is 46.1 Å². The van der Waals surface area contributed by atoms with Gasteiger partial charge >= 0.3 is 0 Å². The minimum absolute atomic E-state index is 0.0698. The zero-order chi connectivity index (χ0) is 25.0. The number of nitrogens with zero attached hydrogens (tertiary/aromatic N) is 3. The van der Waals surface area contributed by atoms with Gasteiger partial charge in [-0.25, -0.2) is 0 Å². The van der Waals surface area contributed by atoms with Gasteiger partial charge < -0.3 is 14.8 Å². The molecule has 186 valence electrons. The lowest BCUT2D eigenvalue weighted by Crippen LogP contribution is -2.24. The molecule has 0 spiro atoms. The van der Waals surface area contributed by atoms with E-state index in [4.69, 9.17) is 9.47 Å². The second kappa shape index (κ2) is 10.8. The molecular formula is C27H34N4O3S. The predicted molar refractivity (Wildman–Crippen MR) is 140 cm³/mol. The van der Waals surface area contributed by atoms with Crippen molar-refractivity contribution in [2.75, 3.05) is 19.0 Å². The van der Waals surface area contributed by atoms with E-state index in [0.29, 0.717) is 11.7 Å². The van der Waals surface area contributed by atoms with E-state index >= 15 is 0 Å². The number of benzene rings is 2. The molecular weight excluding hydrogens is 460 g/mol. The summed E-state index contributed by atoms with van der Waals surface area (Å²) in [6, 6.07) is 15.8. The number of methoxy groups -OCH3 is 1. The van der Waals surface area contributed by atoms with Gasteiger partial charge in [-0.1, -0.05) is 44.7 Å². The number of amides is 1. The molecule has 4 rings (SSSR count). The first-order chi connectivity index (χ1) is 16.7. The lowest BCUT2D eigenvalue weighted by molar-refractivity contribution is -0.115. The number of aromatic nitrogens is 3. The molecule has 35 heavy (non-hydrogen) atoms. The molecule has 7 nitrogen and oxygen atoms in total. The van der Waals surface area contributed by atoms with Crippen LogP contribution in [-0.4, -0.2) is 45.7 Å². The Kier molecular flexibility index (Phi) is 7.82. The zero-order valence-corrected chi connectivity index (χ0v) is 21.9. The van der Waals surface area contributed by atoms with Crippen molar-refractivity contribution < 1.29 is 14.3 Å². The van der Waals surface area contributed by atoms with Crippen LogP contribution in [-0.2, 0) is 21.5 Å². The summed E-state index contributed by atoms with van der Waals surface area (Å²) in [5.41, 5.74) is 3.03. The van der Waals surface area contributed by atoms with E-state index in [1.54, 1.807) is 7.11 Å². The molecule has 2 heterocycles. The van der Waals surface area contributed by atoms with Gasteiger partial charge in [0, 0.05) is 17.9 Å². The van der Waals surface area contributed by atoms with Gasteiger partial charge in [-0.15, -0.1) is 10.2 Å². The lowest BCUT2D eigenvalue weighted by atomic mass is 9.87. The van der Waals surface area contributed by atoms with Crippen molar-refractivity contribution in [1.29, 1.82) is 0 Å². The quantitative estimate of drug-likeness (QED) is 0.414. The molecule has 0 saturated carbocycles. The first-order valence-corrected chi connectivity index (χ1v) is 12.9. The fourth-order valence-electron chi connectivity index (χ4n) is 4.00. The number of ether oxygens (including phenoxy) is 2. The highest BCUT2D eigenvalue weighted by atomic mass is 32.2. The van der Waals surface area contributed by atoms with Crippen LogP contribution >= 0.6 is 11.8 Å². The van der Waals surface area contributed by atoms with Crippen LogP contribution in [0.4, 0.5) is 5.69 Å². The van der Waals surface area contributed by atoms with E-state index in [0.717, 1.165) is 42.3 Å². The van der Waals surface area contributed by atoms with Crippen molar-refractivity contribution in [1.82, 2.24) is 14.8 Å². The summed E-state index contributed by atoms with van der Waals surface area (Å²) in [6.45, 7) is 9.84. The monoisotopic (exact) mass is 494 g/mol. The van der Waals surface area contributed by atoms with E-state index in [1.165, 1.54) is 17.3 Å². The highest BCUT2D eigenvalue weighted by Gasteiger charge is 2.25. The molecule has 1 aromatic heterocycles. The molecule has 2 atom stereocenters. The molecule has 2 aromatic carbocycles. The topological polar surface area (TPSA) is 78.3 Å². The molecule has 8 heteroatoms. The van der Waals surface area contributed by atoms with Crippen molar-refractivity contribution in [2.24, 2.45) is 0 Å². The average molecular weight is 495 g/mol. The van der Waals surface area contributed by atoms with E-state index in [-0.39, 0.29) is 22.7 Å². The molecule has 1 saturated heterocycles. The van der Waals surface area contributed by atoms with Crippen LogP contribution < -0.4 is 10.1 Å². The van der Waals surface area contributed by atoms with E-state index in [9.17, 15) is 4.79 Å². The Labute approximate surface area is 211 Å². The summed E-state index contributed by atoms with van der Waals surface area (Å²) in [5, 5.41) is 12.3. The Bertz CT molecular complexity index is 1130. The number of nitrogens with one attached hydrogen (secondary N) is 1. The average Bonchev–Trinajstić information content (AvgIpc) is 3.49. The maximum absolute atomic E-state index is 13.0. The summed E-state index contributed by atoms with van der Waals surface area (Å²) < 4.78 is 13.2. The Hall–Kier alpha value is -2.84. The van der Waals surface area contributed by atoms with Crippen LogP contribution in [0.25, 0.3) is 11.4 Å². The molecule has 0 bridgehead atoms. The standard InChI is InChI=1S/C27H34N4O3S/c1-18(25(32)28-21-12-10-20(11-13-21)27(2,3)4)35-26-30-29-24(19-8-14-22(33-5)15-9-19)31(26)17-23-7-6-16-34-23/h8-15,18,23H,6-7,16-17H2,1-5H3,(H,28,32). The van der Waals surface area contributed by atoms with Crippen molar-refractivity contribution in [2.45, 2.75) is 69.0 Å². The van der Waals surface area contributed by atoms with E-state index in [2.05, 4.69) is 53.0 Å². The van der Waals surface area contributed by atoms with Gasteiger partial charge in [-0.05, 0) is 67.1 Å². The number of thioether (sulfide) groups is 1. The number of hydrogen-bond donors (Lipinski definition) is 1. The van der Waals surface area contributed by atoms with Crippen LogP contribution in [0.15, 0.2) is 53.7 Å². The van der Waals surface area contributed by atoms with Gasteiger partial charge in [0.05, 0.1) is 25.0 Å². The maximum atomic E-state index is 13.0. The SMILES string of the molecule is COc1ccc(-c2nnc(SC(C)C(=O)Nc3ccc(C(C)(C)C)cc3)n2CC2CCCO2)cc1. The highest BCUT2D eigenvalue weighted by molar-refractivity contribution is 8.00. The first-order valence-electron chi connectivity index (χ1n) is 12.0. The predicted octanol–water partition coefficient (Wildman–Crippen LogP) is 5.55. The second-order valence-electron chi connectivity index (χ2n) is 9.86. The van der Waals surface area contributed by atoms with Crippen LogP contribution in [0.3, 0.4) is 0 Å². The van der Waals surface area contributed by atoms with Gasteiger partial charge in [0.15, 0.2) is 11.0 Å². The third-order valence-electron chi connectivity index (χ3n) is 6.15. The van der Waals surface area contributed by atoms with Gasteiger partial charge in [-0.3, -0.25) is 9.36 Å². The Morgan fingerprint density at radius 2 is 1.89 bits per heavy atom. The molecule has 1 fully saturated rings. The lowest BCUT2D eigenvalue weighted by Gasteiger charge is -2.19. The molecule has 2 unspecified atom stereocenters. The van der Waals surface area contributed by atoms with Crippen LogP contribution in [0, 0.1) is 0 Å².